The summed E-state index contributed by atoms with van der Waals surface area (Å²) < 4.78 is 2.57. The van der Waals surface area contributed by atoms with Crippen molar-refractivity contribution in [2.24, 2.45) is 23.7 Å². The largest absolute Gasteiger partial charge is 0.309 e. The molecular formula is C64H52N2Si. The number of benzene rings is 9. The van der Waals surface area contributed by atoms with Crippen molar-refractivity contribution in [3.63, 3.8) is 0 Å². The summed E-state index contributed by atoms with van der Waals surface area (Å²) in [6.07, 6.45) is 6.92. The van der Waals surface area contributed by atoms with Crippen molar-refractivity contribution in [3.05, 3.63) is 242 Å². The molecular weight excluding hydrogens is 825 g/mol. The van der Waals surface area contributed by atoms with Crippen LogP contribution in [0.2, 0.25) is 0 Å². The summed E-state index contributed by atoms with van der Waals surface area (Å²) in [5.74, 6) is 3.18. The van der Waals surface area contributed by atoms with Crippen LogP contribution in [0.4, 0.5) is 17.1 Å². The fourth-order valence-corrected chi connectivity index (χ4v) is 19.5. The van der Waals surface area contributed by atoms with Gasteiger partial charge in [0.05, 0.1) is 33.8 Å². The van der Waals surface area contributed by atoms with E-state index >= 15 is 0 Å². The van der Waals surface area contributed by atoms with E-state index in [-0.39, 0.29) is 5.41 Å². The van der Waals surface area contributed by atoms with Gasteiger partial charge in [0.1, 0.15) is 0 Å². The van der Waals surface area contributed by atoms with Gasteiger partial charge in [-0.1, -0.05) is 194 Å². The molecule has 15 rings (SSSR count). The van der Waals surface area contributed by atoms with Crippen molar-refractivity contribution < 1.29 is 0 Å². The molecule has 4 bridgehead atoms. The topological polar surface area (TPSA) is 8.17 Å². The van der Waals surface area contributed by atoms with Crippen molar-refractivity contribution in [2.45, 2.75) is 37.5 Å². The highest BCUT2D eigenvalue weighted by Gasteiger charge is 2.61. The standard InChI is InChI=1S/C64H52N2Si/c1-4-20-48(21-5-1)67(49-22-6-2-7-23-49,50-24-8-3-9-25-50)51-36-37-55-54-28-12-16-32-59(54)65(63(55)43-51)58-31-15-10-26-52(58)53-27-11-17-33-60(53)66-61-34-18-13-29-56(61)64(57-30-14-19-35-62(57)66)46-39-44-38-45(41-46)42-47(64)40-44/h1-37,43-47H,38-42H2. The van der Waals surface area contributed by atoms with Gasteiger partial charge < -0.3 is 9.47 Å². The number of hydrogen-bond donors (Lipinski definition) is 0. The van der Waals surface area contributed by atoms with Crippen LogP contribution in [0.15, 0.2) is 231 Å². The number of fused-ring (bicyclic) bond motifs is 5. The van der Waals surface area contributed by atoms with Crippen LogP contribution < -0.4 is 25.6 Å². The van der Waals surface area contributed by atoms with Crippen molar-refractivity contribution in [1.82, 2.24) is 4.57 Å². The van der Waals surface area contributed by atoms with Crippen LogP contribution in [-0.4, -0.2) is 12.6 Å². The molecule has 2 heterocycles. The first-order valence-corrected chi connectivity index (χ1v) is 26.6. The summed E-state index contributed by atoms with van der Waals surface area (Å²) in [7, 11) is -2.81. The third-order valence-electron chi connectivity index (χ3n) is 16.9. The average Bonchev–Trinajstić information content (AvgIpc) is 3.72. The smallest absolute Gasteiger partial charge is 0.179 e. The third-order valence-corrected chi connectivity index (χ3v) is 21.7. The molecule has 3 heteroatoms. The minimum absolute atomic E-state index is 0.0580. The Bertz CT molecular complexity index is 3320. The Hall–Kier alpha value is -7.20. The van der Waals surface area contributed by atoms with Crippen LogP contribution in [0.1, 0.15) is 43.2 Å². The number of hydrogen-bond acceptors (Lipinski definition) is 1. The molecule has 0 amide bonds. The maximum atomic E-state index is 2.64. The van der Waals surface area contributed by atoms with E-state index < -0.39 is 8.07 Å². The Morgan fingerprint density at radius 1 is 0.343 bits per heavy atom. The first-order chi connectivity index (χ1) is 33.2. The first-order valence-electron chi connectivity index (χ1n) is 24.6. The van der Waals surface area contributed by atoms with Gasteiger partial charge in [0.2, 0.25) is 0 Å². The number of nitrogens with zero attached hydrogens (tertiary/aromatic N) is 2. The molecule has 0 unspecified atom stereocenters. The first kappa shape index (κ1) is 39.0. The fraction of sp³-hybridized carbons (Fsp3) is 0.156. The van der Waals surface area contributed by atoms with Gasteiger partial charge in [-0.05, 0) is 124 Å². The molecule has 67 heavy (non-hydrogen) atoms. The summed E-state index contributed by atoms with van der Waals surface area (Å²) in [4.78, 5) is 2.64. The normalized spacial score (nSPS) is 20.0. The quantitative estimate of drug-likeness (QED) is 0.114. The highest BCUT2D eigenvalue weighted by molar-refractivity contribution is 7.20. The lowest BCUT2D eigenvalue weighted by molar-refractivity contribution is -0.0419. The maximum Gasteiger partial charge on any atom is 0.179 e. The van der Waals surface area contributed by atoms with Crippen molar-refractivity contribution in [1.29, 1.82) is 0 Å². The van der Waals surface area contributed by atoms with Gasteiger partial charge in [0.25, 0.3) is 0 Å². The van der Waals surface area contributed by atoms with Crippen LogP contribution in [0.3, 0.4) is 0 Å². The van der Waals surface area contributed by atoms with Crippen LogP contribution in [0, 0.1) is 23.7 Å². The molecule has 1 aliphatic heterocycles. The zero-order valence-corrected chi connectivity index (χ0v) is 38.7. The van der Waals surface area contributed by atoms with E-state index in [1.807, 2.05) is 0 Å². The van der Waals surface area contributed by atoms with Crippen molar-refractivity contribution in [3.8, 4) is 16.8 Å². The number of anilines is 3. The van der Waals surface area contributed by atoms with Crippen LogP contribution >= 0.6 is 0 Å². The van der Waals surface area contributed by atoms with Gasteiger partial charge in [-0.25, -0.2) is 0 Å². The molecule has 2 nitrogen and oxygen atoms in total. The van der Waals surface area contributed by atoms with Gasteiger partial charge in [-0.2, -0.15) is 0 Å². The fourth-order valence-electron chi connectivity index (χ4n) is 14.7. The molecule has 322 valence electrons. The molecule has 9 aromatic carbocycles. The maximum absolute atomic E-state index is 2.81. The van der Waals surface area contributed by atoms with E-state index in [1.165, 1.54) is 109 Å². The molecule has 4 fully saturated rings. The molecule has 0 radical (unpaired) electrons. The van der Waals surface area contributed by atoms with Gasteiger partial charge in [-0.15, -0.1) is 0 Å². The second-order valence-corrected chi connectivity index (χ2v) is 23.8. The SMILES string of the molecule is c1ccc([Si](c2ccccc2)(c2ccccc2)c2ccc3c4ccccc4n(-c4ccccc4-c4ccccc4N4c5ccccc5C5(c6ccccc64)C4CC6CC(C4)CC5C6)c3c2)cc1. The van der Waals surface area contributed by atoms with Crippen LogP contribution in [0.25, 0.3) is 38.6 Å². The lowest BCUT2D eigenvalue weighted by Gasteiger charge is -2.64. The number of aromatic nitrogens is 1. The molecule has 1 aromatic heterocycles. The minimum Gasteiger partial charge on any atom is -0.309 e. The Morgan fingerprint density at radius 2 is 0.776 bits per heavy atom. The molecule has 0 atom stereocenters. The Morgan fingerprint density at radius 3 is 1.34 bits per heavy atom. The van der Waals surface area contributed by atoms with Gasteiger partial charge in [0, 0.05) is 27.3 Å². The van der Waals surface area contributed by atoms with Crippen LogP contribution in [-0.2, 0) is 5.41 Å². The summed E-state index contributed by atoms with van der Waals surface area (Å²) in [6, 6.07) is 87.8. The predicted octanol–water partition coefficient (Wildman–Crippen LogP) is 13.4. The second-order valence-electron chi connectivity index (χ2n) is 20.0. The summed E-state index contributed by atoms with van der Waals surface area (Å²) in [5.41, 5.74) is 13.1. The van der Waals surface area contributed by atoms with Crippen LogP contribution in [0.5, 0.6) is 0 Å². The van der Waals surface area contributed by atoms with Gasteiger partial charge in [-0.3, -0.25) is 0 Å². The van der Waals surface area contributed by atoms with Crippen molar-refractivity contribution >= 4 is 67.7 Å². The molecule has 0 N–H and O–H groups in total. The zero-order valence-electron chi connectivity index (χ0n) is 37.7. The van der Waals surface area contributed by atoms with E-state index in [1.54, 1.807) is 11.1 Å². The van der Waals surface area contributed by atoms with Gasteiger partial charge in [0.15, 0.2) is 8.07 Å². The summed E-state index contributed by atoms with van der Waals surface area (Å²) in [6.45, 7) is 0. The van der Waals surface area contributed by atoms with E-state index in [2.05, 4.69) is 240 Å². The van der Waals surface area contributed by atoms with E-state index in [0.717, 1.165) is 11.8 Å². The predicted molar refractivity (Wildman–Crippen MR) is 282 cm³/mol. The molecule has 5 aliphatic rings. The lowest BCUT2D eigenvalue weighted by atomic mass is 9.41. The highest BCUT2D eigenvalue weighted by atomic mass is 28.3. The average molecular weight is 877 g/mol. The minimum atomic E-state index is -2.81. The number of rotatable bonds is 7. The van der Waals surface area contributed by atoms with Crippen molar-refractivity contribution in [2.75, 3.05) is 4.90 Å². The molecule has 4 saturated carbocycles. The van der Waals surface area contributed by atoms with E-state index in [0.29, 0.717) is 11.8 Å². The molecule has 1 spiro atoms. The molecule has 10 aromatic rings. The number of para-hydroxylation sites is 5. The zero-order chi connectivity index (χ0) is 44.1. The third kappa shape index (κ3) is 5.55. The monoisotopic (exact) mass is 876 g/mol. The van der Waals surface area contributed by atoms with E-state index in [4.69, 9.17) is 0 Å². The van der Waals surface area contributed by atoms with E-state index in [9.17, 15) is 0 Å². The molecule has 0 saturated heterocycles. The summed E-state index contributed by atoms with van der Waals surface area (Å²) >= 11 is 0. The lowest BCUT2D eigenvalue weighted by Crippen LogP contribution is -2.74. The summed E-state index contributed by atoms with van der Waals surface area (Å²) in [5, 5.41) is 8.02. The van der Waals surface area contributed by atoms with Gasteiger partial charge >= 0.3 is 0 Å². The highest BCUT2D eigenvalue weighted by Crippen LogP contribution is 2.69. The second kappa shape index (κ2) is 15.2. The Labute approximate surface area is 394 Å². The Kier molecular flexibility index (Phi) is 8.83. The molecule has 4 aliphatic carbocycles. The Balaban J connectivity index is 1.00.